The summed E-state index contributed by atoms with van der Waals surface area (Å²) in [6, 6.07) is 12.0. The molecule has 1 unspecified atom stereocenters. The summed E-state index contributed by atoms with van der Waals surface area (Å²) in [6.45, 7) is 9.94. The van der Waals surface area contributed by atoms with Crippen molar-refractivity contribution in [1.29, 1.82) is 0 Å². The number of hydrogen-bond donors (Lipinski definition) is 1. The minimum Gasteiger partial charge on any atom is -0.325 e. The number of nitrogens with zero attached hydrogens (tertiary/aromatic N) is 4. The van der Waals surface area contributed by atoms with E-state index in [1.165, 1.54) is 22.9 Å². The molecule has 0 radical (unpaired) electrons. The third-order valence-electron chi connectivity index (χ3n) is 4.56. The Morgan fingerprint density at radius 3 is 2.41 bits per heavy atom. The van der Waals surface area contributed by atoms with Gasteiger partial charge in [0.2, 0.25) is 11.1 Å². The van der Waals surface area contributed by atoms with Crippen LogP contribution < -0.4 is 5.32 Å². The molecule has 0 saturated carbocycles. The zero-order valence-electron chi connectivity index (χ0n) is 16.1. The highest BCUT2D eigenvalue weighted by Gasteiger charge is 2.20. The number of benzene rings is 2. The first kappa shape index (κ1) is 19.1. The highest BCUT2D eigenvalue weighted by atomic mass is 32.2. The Hall–Kier alpha value is -2.67. The molecule has 3 aromatic rings. The largest absolute Gasteiger partial charge is 0.325 e. The van der Waals surface area contributed by atoms with E-state index in [0.29, 0.717) is 5.16 Å². The van der Waals surface area contributed by atoms with E-state index < -0.39 is 0 Å². The lowest BCUT2D eigenvalue weighted by molar-refractivity contribution is -0.115. The first-order chi connectivity index (χ1) is 12.9. The van der Waals surface area contributed by atoms with E-state index in [9.17, 15) is 4.79 Å². The molecule has 3 rings (SSSR count). The van der Waals surface area contributed by atoms with Gasteiger partial charge >= 0.3 is 0 Å². The van der Waals surface area contributed by atoms with Gasteiger partial charge in [-0.25, -0.2) is 0 Å². The molecular formula is C20H23N5OS. The molecule has 1 N–H and O–H groups in total. The summed E-state index contributed by atoms with van der Waals surface area (Å²) < 4.78 is 1.67. The molecule has 2 aromatic carbocycles. The van der Waals surface area contributed by atoms with Crippen LogP contribution in [0.25, 0.3) is 5.69 Å². The average molecular weight is 382 g/mol. The molecule has 1 heterocycles. The number of aromatic nitrogens is 4. The molecule has 0 aliphatic rings. The molecule has 0 bridgehead atoms. The van der Waals surface area contributed by atoms with E-state index in [0.717, 1.165) is 22.5 Å². The van der Waals surface area contributed by atoms with Crippen molar-refractivity contribution >= 4 is 23.4 Å². The van der Waals surface area contributed by atoms with Crippen LogP contribution in [0.3, 0.4) is 0 Å². The zero-order valence-corrected chi connectivity index (χ0v) is 17.0. The van der Waals surface area contributed by atoms with E-state index in [1.54, 1.807) is 4.68 Å². The van der Waals surface area contributed by atoms with Gasteiger partial charge in [-0.05, 0) is 79.4 Å². The Bertz CT molecular complexity index is 962. The normalized spacial score (nSPS) is 12.0. The summed E-state index contributed by atoms with van der Waals surface area (Å²) in [4.78, 5) is 12.7. The number of amides is 1. The molecule has 6 nitrogen and oxygen atoms in total. The molecule has 1 aromatic heterocycles. The summed E-state index contributed by atoms with van der Waals surface area (Å²) in [5.74, 6) is -0.0768. The van der Waals surface area contributed by atoms with Crippen molar-refractivity contribution < 1.29 is 4.79 Å². The first-order valence-electron chi connectivity index (χ1n) is 8.76. The van der Waals surface area contributed by atoms with Gasteiger partial charge in [0.15, 0.2) is 0 Å². The highest BCUT2D eigenvalue weighted by molar-refractivity contribution is 8.00. The van der Waals surface area contributed by atoms with E-state index in [1.807, 2.05) is 57.2 Å². The van der Waals surface area contributed by atoms with Crippen LogP contribution in [-0.2, 0) is 4.79 Å². The monoisotopic (exact) mass is 381 g/mol. The van der Waals surface area contributed by atoms with Gasteiger partial charge in [0.1, 0.15) is 0 Å². The van der Waals surface area contributed by atoms with E-state index in [2.05, 4.69) is 34.7 Å². The van der Waals surface area contributed by atoms with Gasteiger partial charge in [-0.15, -0.1) is 5.10 Å². The molecule has 0 saturated heterocycles. The standard InChI is InChI=1S/C20H23N5OS/c1-12-9-10-17(11-15(12)4)25-20(22-23-24-25)27-16(5)19(26)21-18-13(2)7-6-8-14(18)3/h6-11,16H,1-5H3,(H,21,26). The van der Waals surface area contributed by atoms with Crippen molar-refractivity contribution in [2.75, 3.05) is 5.32 Å². The fourth-order valence-corrected chi connectivity index (χ4v) is 3.53. The summed E-state index contributed by atoms with van der Waals surface area (Å²) in [5.41, 5.74) is 6.21. The number of para-hydroxylation sites is 1. The lowest BCUT2D eigenvalue weighted by Crippen LogP contribution is -2.23. The Labute approximate surface area is 163 Å². The van der Waals surface area contributed by atoms with Gasteiger partial charge in [0.25, 0.3) is 0 Å². The van der Waals surface area contributed by atoms with Gasteiger partial charge in [0, 0.05) is 5.69 Å². The van der Waals surface area contributed by atoms with Gasteiger partial charge in [0.05, 0.1) is 10.9 Å². The van der Waals surface area contributed by atoms with Crippen LogP contribution >= 0.6 is 11.8 Å². The molecule has 0 aliphatic heterocycles. The number of thioether (sulfide) groups is 1. The van der Waals surface area contributed by atoms with E-state index in [-0.39, 0.29) is 11.2 Å². The lowest BCUT2D eigenvalue weighted by atomic mass is 10.1. The second-order valence-electron chi connectivity index (χ2n) is 6.66. The number of carbonyl (C=O) groups is 1. The maximum atomic E-state index is 12.7. The lowest BCUT2D eigenvalue weighted by Gasteiger charge is -2.15. The topological polar surface area (TPSA) is 72.7 Å². The van der Waals surface area contributed by atoms with Crippen LogP contribution in [0.2, 0.25) is 0 Å². The molecule has 0 fully saturated rings. The third kappa shape index (κ3) is 4.19. The number of anilines is 1. The maximum Gasteiger partial charge on any atom is 0.237 e. The highest BCUT2D eigenvalue weighted by Crippen LogP contribution is 2.26. The Morgan fingerprint density at radius 2 is 1.74 bits per heavy atom. The quantitative estimate of drug-likeness (QED) is 0.676. The summed E-state index contributed by atoms with van der Waals surface area (Å²) in [5, 5.41) is 15.2. The van der Waals surface area contributed by atoms with Crippen LogP contribution in [-0.4, -0.2) is 31.4 Å². The Balaban J connectivity index is 1.77. The Kier molecular flexibility index (Phi) is 5.60. The van der Waals surface area contributed by atoms with Crippen LogP contribution in [0.15, 0.2) is 41.6 Å². The average Bonchev–Trinajstić information content (AvgIpc) is 3.08. The van der Waals surface area contributed by atoms with Crippen molar-refractivity contribution in [3.05, 3.63) is 58.7 Å². The summed E-state index contributed by atoms with van der Waals surface area (Å²) >= 11 is 1.34. The van der Waals surface area contributed by atoms with Crippen molar-refractivity contribution in [1.82, 2.24) is 20.2 Å². The predicted octanol–water partition coefficient (Wildman–Crippen LogP) is 4.02. The molecule has 7 heteroatoms. The molecule has 0 aliphatic carbocycles. The van der Waals surface area contributed by atoms with Crippen LogP contribution in [0.1, 0.15) is 29.2 Å². The SMILES string of the molecule is Cc1ccc(-n2nnnc2SC(C)C(=O)Nc2c(C)cccc2C)cc1C. The van der Waals surface area contributed by atoms with E-state index >= 15 is 0 Å². The van der Waals surface area contributed by atoms with Gasteiger partial charge in [-0.1, -0.05) is 36.0 Å². The van der Waals surface area contributed by atoms with Crippen molar-refractivity contribution in [3.8, 4) is 5.69 Å². The smallest absolute Gasteiger partial charge is 0.237 e. The zero-order chi connectivity index (χ0) is 19.6. The van der Waals surface area contributed by atoms with Gasteiger partial charge < -0.3 is 5.32 Å². The second kappa shape index (κ2) is 7.92. The Morgan fingerprint density at radius 1 is 1.04 bits per heavy atom. The van der Waals surface area contributed by atoms with Crippen LogP contribution in [0.5, 0.6) is 0 Å². The predicted molar refractivity (Wildman–Crippen MR) is 108 cm³/mol. The number of rotatable bonds is 5. The number of aryl methyl sites for hydroxylation is 4. The molecule has 1 atom stereocenters. The summed E-state index contributed by atoms with van der Waals surface area (Å²) in [7, 11) is 0. The molecule has 0 spiro atoms. The first-order valence-corrected chi connectivity index (χ1v) is 9.64. The van der Waals surface area contributed by atoms with Crippen molar-refractivity contribution in [3.63, 3.8) is 0 Å². The molecular weight excluding hydrogens is 358 g/mol. The fraction of sp³-hybridized carbons (Fsp3) is 0.300. The minimum absolute atomic E-state index is 0.0768. The van der Waals surface area contributed by atoms with Crippen molar-refractivity contribution in [2.45, 2.75) is 45.0 Å². The second-order valence-corrected chi connectivity index (χ2v) is 7.97. The van der Waals surface area contributed by atoms with Crippen LogP contribution in [0, 0.1) is 27.7 Å². The maximum absolute atomic E-state index is 12.7. The number of nitrogens with one attached hydrogen (secondary N) is 1. The molecule has 140 valence electrons. The van der Waals surface area contributed by atoms with Gasteiger partial charge in [-0.3, -0.25) is 4.79 Å². The van der Waals surface area contributed by atoms with Crippen molar-refractivity contribution in [2.24, 2.45) is 0 Å². The number of tetrazole rings is 1. The molecule has 27 heavy (non-hydrogen) atoms. The number of carbonyl (C=O) groups excluding carboxylic acids is 1. The number of hydrogen-bond acceptors (Lipinski definition) is 5. The van der Waals surface area contributed by atoms with Crippen LogP contribution in [0.4, 0.5) is 5.69 Å². The minimum atomic E-state index is -0.347. The fourth-order valence-electron chi connectivity index (χ4n) is 2.72. The third-order valence-corrected chi connectivity index (χ3v) is 5.59. The van der Waals surface area contributed by atoms with Gasteiger partial charge in [-0.2, -0.15) is 4.68 Å². The molecule has 1 amide bonds. The summed E-state index contributed by atoms with van der Waals surface area (Å²) in [6.07, 6.45) is 0. The van der Waals surface area contributed by atoms with E-state index in [4.69, 9.17) is 0 Å².